The molecular weight excluding hydrogens is 164 g/mol. The quantitative estimate of drug-likeness (QED) is 0.489. The van der Waals surface area contributed by atoms with E-state index in [1.54, 1.807) is 6.92 Å². The molecule has 0 atom stereocenters. The van der Waals surface area contributed by atoms with E-state index in [1.807, 2.05) is 30.3 Å². The summed E-state index contributed by atoms with van der Waals surface area (Å²) < 4.78 is 0. The SMILES string of the molecule is CC(=N)/C=C(/O)Nc1ccccc1. The Bertz CT molecular complexity index is 317. The third kappa shape index (κ3) is 3.42. The Hall–Kier alpha value is -1.77. The number of rotatable bonds is 3. The van der Waals surface area contributed by atoms with Crippen LogP contribution in [0.25, 0.3) is 0 Å². The van der Waals surface area contributed by atoms with Crippen LogP contribution in [-0.2, 0) is 0 Å². The van der Waals surface area contributed by atoms with Gasteiger partial charge in [-0.2, -0.15) is 0 Å². The molecule has 0 aromatic heterocycles. The number of para-hydroxylation sites is 1. The highest BCUT2D eigenvalue weighted by atomic mass is 16.3. The highest BCUT2D eigenvalue weighted by Gasteiger charge is 1.93. The molecule has 3 N–H and O–H groups in total. The molecule has 1 aromatic rings. The van der Waals surface area contributed by atoms with Crippen LogP contribution in [0.3, 0.4) is 0 Å². The summed E-state index contributed by atoms with van der Waals surface area (Å²) in [6, 6.07) is 9.31. The van der Waals surface area contributed by atoms with Crippen LogP contribution < -0.4 is 5.32 Å². The third-order valence-electron chi connectivity index (χ3n) is 1.40. The van der Waals surface area contributed by atoms with Gasteiger partial charge in [0.25, 0.3) is 0 Å². The van der Waals surface area contributed by atoms with E-state index in [-0.39, 0.29) is 5.88 Å². The molecule has 0 amide bonds. The Kier molecular flexibility index (Phi) is 3.09. The molecule has 0 aliphatic heterocycles. The van der Waals surface area contributed by atoms with Gasteiger partial charge in [-0.15, -0.1) is 0 Å². The molecule has 1 aromatic carbocycles. The lowest BCUT2D eigenvalue weighted by Gasteiger charge is -2.03. The van der Waals surface area contributed by atoms with Crippen LogP contribution in [0, 0.1) is 5.41 Å². The second-order valence-electron chi connectivity index (χ2n) is 2.70. The first kappa shape index (κ1) is 9.32. The van der Waals surface area contributed by atoms with Gasteiger partial charge < -0.3 is 15.8 Å². The number of anilines is 1. The van der Waals surface area contributed by atoms with Crippen molar-refractivity contribution in [1.82, 2.24) is 0 Å². The Morgan fingerprint density at radius 1 is 1.38 bits per heavy atom. The number of hydrogen-bond donors (Lipinski definition) is 3. The Balaban J connectivity index is 2.65. The zero-order chi connectivity index (χ0) is 9.68. The Morgan fingerprint density at radius 2 is 2.00 bits per heavy atom. The number of allylic oxidation sites excluding steroid dienone is 1. The molecule has 0 bridgehead atoms. The molecule has 0 heterocycles. The first-order chi connectivity index (χ1) is 6.18. The first-order valence-electron chi connectivity index (χ1n) is 3.96. The van der Waals surface area contributed by atoms with Gasteiger partial charge in [0.1, 0.15) is 0 Å². The van der Waals surface area contributed by atoms with Crippen molar-refractivity contribution >= 4 is 11.4 Å². The Labute approximate surface area is 77.2 Å². The maximum absolute atomic E-state index is 9.28. The normalized spacial score (nSPS) is 11.0. The number of aliphatic hydroxyl groups is 1. The van der Waals surface area contributed by atoms with Gasteiger partial charge in [-0.05, 0) is 19.1 Å². The standard InChI is InChI=1S/C10H12N2O/c1-8(11)7-10(13)12-9-5-3-2-4-6-9/h2-7,11-13H,1H3/b10-7+,11-8?. The minimum absolute atomic E-state index is 0.0151. The summed E-state index contributed by atoms with van der Waals surface area (Å²) >= 11 is 0. The van der Waals surface area contributed by atoms with Crippen molar-refractivity contribution in [1.29, 1.82) is 5.41 Å². The van der Waals surface area contributed by atoms with Crippen molar-refractivity contribution in [2.24, 2.45) is 0 Å². The molecule has 13 heavy (non-hydrogen) atoms. The minimum Gasteiger partial charge on any atom is -0.495 e. The second kappa shape index (κ2) is 4.30. The molecule has 1 rings (SSSR count). The summed E-state index contributed by atoms with van der Waals surface area (Å²) in [7, 11) is 0. The van der Waals surface area contributed by atoms with Gasteiger partial charge in [-0.25, -0.2) is 0 Å². The van der Waals surface area contributed by atoms with Crippen molar-refractivity contribution in [3.05, 3.63) is 42.3 Å². The highest BCUT2D eigenvalue weighted by molar-refractivity contribution is 5.90. The smallest absolute Gasteiger partial charge is 0.190 e. The van der Waals surface area contributed by atoms with Gasteiger partial charge >= 0.3 is 0 Å². The lowest BCUT2D eigenvalue weighted by Crippen LogP contribution is -1.99. The van der Waals surface area contributed by atoms with Gasteiger partial charge in [0.2, 0.25) is 0 Å². The summed E-state index contributed by atoms with van der Waals surface area (Å²) in [6.45, 7) is 1.60. The van der Waals surface area contributed by atoms with Crippen LogP contribution in [0.5, 0.6) is 0 Å². The largest absolute Gasteiger partial charge is 0.495 e. The fourth-order valence-electron chi connectivity index (χ4n) is 0.911. The van der Waals surface area contributed by atoms with Crippen LogP contribution in [0.2, 0.25) is 0 Å². The molecule has 0 spiro atoms. The van der Waals surface area contributed by atoms with E-state index in [9.17, 15) is 5.11 Å². The molecule has 0 saturated heterocycles. The van der Waals surface area contributed by atoms with Gasteiger partial charge in [-0.1, -0.05) is 18.2 Å². The number of nitrogens with one attached hydrogen (secondary N) is 2. The van der Waals surface area contributed by atoms with E-state index < -0.39 is 0 Å². The van der Waals surface area contributed by atoms with Crippen molar-refractivity contribution in [3.8, 4) is 0 Å². The molecular formula is C10H12N2O. The first-order valence-corrected chi connectivity index (χ1v) is 3.96. The molecule has 0 radical (unpaired) electrons. The van der Waals surface area contributed by atoms with Crippen LogP contribution in [-0.4, -0.2) is 10.8 Å². The Morgan fingerprint density at radius 3 is 2.54 bits per heavy atom. The lowest BCUT2D eigenvalue weighted by molar-refractivity contribution is 0.420. The average Bonchev–Trinajstić information content (AvgIpc) is 2.04. The predicted molar refractivity (Wildman–Crippen MR) is 54.2 cm³/mol. The van der Waals surface area contributed by atoms with Crippen molar-refractivity contribution in [3.63, 3.8) is 0 Å². The summed E-state index contributed by atoms with van der Waals surface area (Å²) in [5, 5.41) is 19.1. The van der Waals surface area contributed by atoms with E-state index in [0.717, 1.165) is 5.69 Å². The van der Waals surface area contributed by atoms with Crippen molar-refractivity contribution in [2.45, 2.75) is 6.92 Å². The van der Waals surface area contributed by atoms with Crippen LogP contribution in [0.15, 0.2) is 42.3 Å². The average molecular weight is 176 g/mol. The zero-order valence-electron chi connectivity index (χ0n) is 7.41. The maximum Gasteiger partial charge on any atom is 0.190 e. The van der Waals surface area contributed by atoms with Crippen molar-refractivity contribution < 1.29 is 5.11 Å². The van der Waals surface area contributed by atoms with Crippen molar-refractivity contribution in [2.75, 3.05) is 5.32 Å². The van der Waals surface area contributed by atoms with Gasteiger partial charge in [0.05, 0.1) is 0 Å². The van der Waals surface area contributed by atoms with Gasteiger partial charge in [-0.3, -0.25) is 0 Å². The molecule has 0 saturated carbocycles. The molecule has 0 fully saturated rings. The lowest BCUT2D eigenvalue weighted by atomic mass is 10.3. The molecule has 0 aliphatic rings. The third-order valence-corrected chi connectivity index (χ3v) is 1.40. The molecule has 3 heteroatoms. The topological polar surface area (TPSA) is 56.1 Å². The zero-order valence-corrected chi connectivity index (χ0v) is 7.41. The van der Waals surface area contributed by atoms with E-state index in [4.69, 9.17) is 5.41 Å². The number of benzene rings is 1. The molecule has 0 aliphatic carbocycles. The van der Waals surface area contributed by atoms with E-state index in [0.29, 0.717) is 5.71 Å². The van der Waals surface area contributed by atoms with E-state index in [1.165, 1.54) is 6.08 Å². The summed E-state index contributed by atoms with van der Waals surface area (Å²) in [5.74, 6) is -0.0151. The molecule has 0 unspecified atom stereocenters. The van der Waals surface area contributed by atoms with Crippen LogP contribution in [0.1, 0.15) is 6.92 Å². The minimum atomic E-state index is -0.0151. The highest BCUT2D eigenvalue weighted by Crippen LogP contribution is 2.07. The monoisotopic (exact) mass is 176 g/mol. The van der Waals surface area contributed by atoms with E-state index in [2.05, 4.69) is 5.32 Å². The fraction of sp³-hybridized carbons (Fsp3) is 0.100. The predicted octanol–water partition coefficient (Wildman–Crippen LogP) is 2.54. The second-order valence-corrected chi connectivity index (χ2v) is 2.70. The fourth-order valence-corrected chi connectivity index (χ4v) is 0.911. The number of aliphatic hydroxyl groups excluding tert-OH is 1. The van der Waals surface area contributed by atoms with Crippen LogP contribution in [0.4, 0.5) is 5.69 Å². The van der Waals surface area contributed by atoms with Gasteiger partial charge in [0, 0.05) is 17.5 Å². The summed E-state index contributed by atoms with van der Waals surface area (Å²) in [5.41, 5.74) is 1.11. The maximum atomic E-state index is 9.28. The number of hydrogen-bond acceptors (Lipinski definition) is 3. The molecule has 3 nitrogen and oxygen atoms in total. The molecule has 68 valence electrons. The summed E-state index contributed by atoms with van der Waals surface area (Å²) in [6.07, 6.45) is 1.35. The van der Waals surface area contributed by atoms with E-state index >= 15 is 0 Å². The summed E-state index contributed by atoms with van der Waals surface area (Å²) in [4.78, 5) is 0. The van der Waals surface area contributed by atoms with Gasteiger partial charge in [0.15, 0.2) is 5.88 Å². The van der Waals surface area contributed by atoms with Crippen LogP contribution >= 0.6 is 0 Å².